The summed E-state index contributed by atoms with van der Waals surface area (Å²) in [5, 5.41) is 10.8. The Morgan fingerprint density at radius 3 is 2.10 bits per heavy atom. The maximum absolute atomic E-state index is 10.8. The summed E-state index contributed by atoms with van der Waals surface area (Å²) in [5.74, 6) is 0.757. The predicted octanol–water partition coefficient (Wildman–Crippen LogP) is 8.50. The second-order valence-electron chi connectivity index (χ2n) is 10.0. The normalized spacial score (nSPS) is 11.1. The fourth-order valence-electron chi connectivity index (χ4n) is 5.30. The van der Waals surface area contributed by atoms with Gasteiger partial charge in [-0.1, -0.05) is 84.9 Å². The zero-order valence-corrected chi connectivity index (χ0v) is 22.4. The Morgan fingerprint density at radius 2 is 1.32 bits per heavy atom. The Hall–Kier alpha value is -5.55. The van der Waals surface area contributed by atoms with Crippen LogP contribution in [-0.2, 0) is 0 Å². The highest BCUT2D eigenvalue weighted by Crippen LogP contribution is 2.38. The van der Waals surface area contributed by atoms with E-state index < -0.39 is 0 Å². The number of fused-ring (bicyclic) bond motifs is 1. The Kier molecular flexibility index (Phi) is 6.10. The average Bonchev–Trinajstić information content (AvgIpc) is 3.43. The maximum Gasteiger partial charge on any atom is 0.149 e. The number of benzene rings is 4. The number of imidazole rings is 1. The topological polar surface area (TPSA) is 63.8 Å². The van der Waals surface area contributed by atoms with Gasteiger partial charge in [0, 0.05) is 34.3 Å². The van der Waals surface area contributed by atoms with E-state index in [9.17, 15) is 5.11 Å². The standard InChI is InChI=1S/C36H26N4O/c1-24-20-31(34(41)23-37-24)36-39-35-30(16-9-17-33(35)40(36)29-14-6-3-7-15-29)26-12-8-13-27(21-26)32-19-18-28(22-38-32)25-10-4-2-5-11-25/h2-23,41H,1H3. The minimum absolute atomic E-state index is 0.0941. The summed E-state index contributed by atoms with van der Waals surface area (Å²) in [6, 6.07) is 41.1. The lowest BCUT2D eigenvalue weighted by atomic mass is 9.99. The van der Waals surface area contributed by atoms with Gasteiger partial charge in [0.15, 0.2) is 0 Å². The minimum Gasteiger partial charge on any atom is -0.506 e. The number of hydrogen-bond donors (Lipinski definition) is 1. The summed E-state index contributed by atoms with van der Waals surface area (Å²) in [6.45, 7) is 1.91. The molecule has 3 aromatic heterocycles. The van der Waals surface area contributed by atoms with E-state index in [0.29, 0.717) is 11.4 Å². The highest BCUT2D eigenvalue weighted by molar-refractivity contribution is 5.96. The smallest absolute Gasteiger partial charge is 0.149 e. The highest BCUT2D eigenvalue weighted by atomic mass is 16.3. The molecule has 0 aliphatic carbocycles. The van der Waals surface area contributed by atoms with Gasteiger partial charge in [0.1, 0.15) is 11.6 Å². The van der Waals surface area contributed by atoms with Gasteiger partial charge in [0.05, 0.1) is 28.5 Å². The van der Waals surface area contributed by atoms with Crippen LogP contribution in [0.2, 0.25) is 0 Å². The van der Waals surface area contributed by atoms with Crippen molar-refractivity contribution >= 4 is 11.0 Å². The van der Waals surface area contributed by atoms with Crippen molar-refractivity contribution in [3.05, 3.63) is 139 Å². The molecule has 0 atom stereocenters. The summed E-state index contributed by atoms with van der Waals surface area (Å²) in [4.78, 5) is 14.2. The molecule has 0 saturated carbocycles. The summed E-state index contributed by atoms with van der Waals surface area (Å²) < 4.78 is 2.10. The predicted molar refractivity (Wildman–Crippen MR) is 165 cm³/mol. The van der Waals surface area contributed by atoms with E-state index in [1.54, 1.807) is 0 Å². The molecule has 196 valence electrons. The first-order chi connectivity index (χ1) is 20.2. The van der Waals surface area contributed by atoms with Crippen LogP contribution >= 0.6 is 0 Å². The molecular formula is C36H26N4O. The van der Waals surface area contributed by atoms with Crippen molar-refractivity contribution in [1.82, 2.24) is 19.5 Å². The molecule has 5 nitrogen and oxygen atoms in total. The van der Waals surface area contributed by atoms with Crippen LogP contribution in [0.5, 0.6) is 5.75 Å². The van der Waals surface area contributed by atoms with Gasteiger partial charge >= 0.3 is 0 Å². The van der Waals surface area contributed by atoms with Gasteiger partial charge in [0.2, 0.25) is 0 Å². The number of aryl methyl sites for hydroxylation is 1. The zero-order chi connectivity index (χ0) is 27.8. The lowest BCUT2D eigenvalue weighted by molar-refractivity contribution is 0.474. The third-order valence-electron chi connectivity index (χ3n) is 7.30. The van der Waals surface area contributed by atoms with Crippen LogP contribution in [0.15, 0.2) is 134 Å². The van der Waals surface area contributed by atoms with Gasteiger partial charge in [-0.05, 0) is 54.4 Å². The van der Waals surface area contributed by atoms with Crippen LogP contribution < -0.4 is 0 Å². The first-order valence-electron chi connectivity index (χ1n) is 13.5. The molecule has 0 unspecified atom stereocenters. The number of pyridine rings is 2. The molecule has 3 heterocycles. The molecule has 5 heteroatoms. The zero-order valence-electron chi connectivity index (χ0n) is 22.4. The summed E-state index contributed by atoms with van der Waals surface area (Å²) in [6.07, 6.45) is 3.41. The molecule has 0 radical (unpaired) electrons. The number of nitrogens with zero attached hydrogens (tertiary/aromatic N) is 4. The quantitative estimate of drug-likeness (QED) is 0.242. The number of rotatable bonds is 5. The van der Waals surface area contributed by atoms with Gasteiger partial charge in [-0.15, -0.1) is 0 Å². The fraction of sp³-hybridized carbons (Fsp3) is 0.0278. The molecule has 41 heavy (non-hydrogen) atoms. The molecule has 4 aromatic carbocycles. The van der Waals surface area contributed by atoms with Gasteiger partial charge in [-0.25, -0.2) is 4.98 Å². The van der Waals surface area contributed by atoms with Gasteiger partial charge in [-0.2, -0.15) is 0 Å². The molecule has 1 N–H and O–H groups in total. The molecule has 0 bridgehead atoms. The van der Waals surface area contributed by atoms with E-state index in [1.807, 2.05) is 67.7 Å². The van der Waals surface area contributed by atoms with Crippen molar-refractivity contribution in [3.8, 4) is 56.3 Å². The van der Waals surface area contributed by atoms with E-state index in [0.717, 1.165) is 55.9 Å². The monoisotopic (exact) mass is 530 g/mol. The van der Waals surface area contributed by atoms with Crippen LogP contribution in [0.3, 0.4) is 0 Å². The number of aromatic nitrogens is 4. The third kappa shape index (κ3) is 4.53. The van der Waals surface area contributed by atoms with Crippen molar-refractivity contribution in [2.45, 2.75) is 6.92 Å². The lowest BCUT2D eigenvalue weighted by Crippen LogP contribution is -1.98. The molecule has 0 saturated heterocycles. The highest BCUT2D eigenvalue weighted by Gasteiger charge is 2.20. The fourth-order valence-corrected chi connectivity index (χ4v) is 5.30. The van der Waals surface area contributed by atoms with E-state index in [2.05, 4.69) is 76.3 Å². The van der Waals surface area contributed by atoms with Crippen molar-refractivity contribution < 1.29 is 5.11 Å². The van der Waals surface area contributed by atoms with Crippen LogP contribution in [0.25, 0.3) is 61.6 Å². The molecule has 0 amide bonds. The second-order valence-corrected chi connectivity index (χ2v) is 10.0. The first kappa shape index (κ1) is 24.5. The van der Waals surface area contributed by atoms with Gasteiger partial charge in [-0.3, -0.25) is 14.5 Å². The summed E-state index contributed by atoms with van der Waals surface area (Å²) in [5.41, 5.74) is 10.4. The van der Waals surface area contributed by atoms with Crippen LogP contribution in [0.1, 0.15) is 5.69 Å². The minimum atomic E-state index is 0.0941. The SMILES string of the molecule is Cc1cc(-c2nc3c(-c4cccc(-c5ccc(-c6ccccc6)cn5)c4)cccc3n2-c2ccccc2)c(O)cn1. The van der Waals surface area contributed by atoms with E-state index >= 15 is 0 Å². The Balaban J connectivity index is 1.37. The number of hydrogen-bond acceptors (Lipinski definition) is 4. The summed E-state index contributed by atoms with van der Waals surface area (Å²) in [7, 11) is 0. The van der Waals surface area contributed by atoms with Gasteiger partial charge < -0.3 is 5.11 Å². The van der Waals surface area contributed by atoms with Crippen LogP contribution in [-0.4, -0.2) is 24.6 Å². The molecule has 0 fully saturated rings. The summed E-state index contributed by atoms with van der Waals surface area (Å²) >= 11 is 0. The Bertz CT molecular complexity index is 2000. The van der Waals surface area contributed by atoms with Crippen LogP contribution in [0, 0.1) is 6.92 Å². The average molecular weight is 531 g/mol. The van der Waals surface area contributed by atoms with Crippen molar-refractivity contribution in [2.75, 3.05) is 0 Å². The first-order valence-corrected chi connectivity index (χ1v) is 13.5. The van der Waals surface area contributed by atoms with Crippen molar-refractivity contribution in [1.29, 1.82) is 0 Å². The van der Waals surface area contributed by atoms with E-state index in [4.69, 9.17) is 9.97 Å². The largest absolute Gasteiger partial charge is 0.506 e. The Labute approximate surface area is 238 Å². The second kappa shape index (κ2) is 10.2. The third-order valence-corrected chi connectivity index (χ3v) is 7.30. The molecular weight excluding hydrogens is 504 g/mol. The van der Waals surface area contributed by atoms with E-state index in [-0.39, 0.29) is 5.75 Å². The van der Waals surface area contributed by atoms with E-state index in [1.165, 1.54) is 6.20 Å². The molecule has 0 aliphatic heterocycles. The van der Waals surface area contributed by atoms with Crippen LogP contribution in [0.4, 0.5) is 0 Å². The Morgan fingerprint density at radius 1 is 0.585 bits per heavy atom. The number of aromatic hydroxyl groups is 1. The molecule has 7 aromatic rings. The number of para-hydroxylation sites is 2. The van der Waals surface area contributed by atoms with Crippen molar-refractivity contribution in [2.24, 2.45) is 0 Å². The maximum atomic E-state index is 10.8. The van der Waals surface area contributed by atoms with Gasteiger partial charge in [0.25, 0.3) is 0 Å². The lowest BCUT2D eigenvalue weighted by Gasteiger charge is -2.11. The molecule has 0 aliphatic rings. The molecule has 7 rings (SSSR count). The molecule has 0 spiro atoms. The van der Waals surface area contributed by atoms with Crippen molar-refractivity contribution in [3.63, 3.8) is 0 Å².